The second kappa shape index (κ2) is 8.56. The molecule has 1 aliphatic heterocycles. The summed E-state index contributed by atoms with van der Waals surface area (Å²) in [6.07, 6.45) is 1.36. The smallest absolute Gasteiger partial charge is 0.343 e. The van der Waals surface area contributed by atoms with Crippen LogP contribution in [0.25, 0.3) is 0 Å². The minimum absolute atomic E-state index is 0.0765. The van der Waals surface area contributed by atoms with Gasteiger partial charge in [-0.05, 0) is 53.8 Å². The average Bonchev–Trinajstić information content (AvgIpc) is 2.96. The molecule has 0 amide bonds. The largest absolute Gasteiger partial charge is 0.423 e. The summed E-state index contributed by atoms with van der Waals surface area (Å²) in [4.78, 5) is 26.8. The molecule has 0 bridgehead atoms. The highest BCUT2D eigenvalue weighted by molar-refractivity contribution is 8.00. The first-order chi connectivity index (χ1) is 15.9. The summed E-state index contributed by atoms with van der Waals surface area (Å²) in [5.41, 5.74) is 4.35. The van der Waals surface area contributed by atoms with Crippen molar-refractivity contribution in [2.75, 3.05) is 5.32 Å². The summed E-state index contributed by atoms with van der Waals surface area (Å²) in [5, 5.41) is 3.45. The van der Waals surface area contributed by atoms with Gasteiger partial charge in [0, 0.05) is 22.6 Å². The van der Waals surface area contributed by atoms with Gasteiger partial charge in [-0.3, -0.25) is 4.79 Å². The zero-order chi connectivity index (χ0) is 23.0. The predicted molar refractivity (Wildman–Crippen MR) is 132 cm³/mol. The van der Waals surface area contributed by atoms with E-state index in [1.54, 1.807) is 36.0 Å². The van der Waals surface area contributed by atoms with Gasteiger partial charge in [-0.2, -0.15) is 0 Å². The van der Waals surface area contributed by atoms with Crippen LogP contribution >= 0.6 is 11.8 Å². The fourth-order valence-electron chi connectivity index (χ4n) is 4.46. The Hall–Kier alpha value is -3.31. The number of carbonyl (C=O) groups excluding carboxylic acids is 2. The molecule has 0 spiro atoms. The Balaban J connectivity index is 1.48. The summed E-state index contributed by atoms with van der Waals surface area (Å²) in [7, 11) is 0. The first kappa shape index (κ1) is 21.5. The van der Waals surface area contributed by atoms with Crippen LogP contribution in [0.15, 0.2) is 95.0 Å². The molecule has 2 aliphatic rings. The number of carbonyl (C=O) groups is 2. The Morgan fingerprint density at radius 2 is 1.64 bits per heavy atom. The molecular weight excluding hydrogens is 430 g/mol. The second-order valence-corrected chi connectivity index (χ2v) is 10.4. The molecule has 5 rings (SSSR count). The number of Topliss-reactive ketones (excluding diaryl/α,β-unsaturated/α-hetero) is 1. The van der Waals surface area contributed by atoms with Crippen molar-refractivity contribution < 1.29 is 14.3 Å². The number of ether oxygens (including phenoxy) is 1. The van der Waals surface area contributed by atoms with E-state index in [4.69, 9.17) is 4.74 Å². The maximum Gasteiger partial charge on any atom is 0.343 e. The molecule has 3 aromatic carbocycles. The Morgan fingerprint density at radius 1 is 0.939 bits per heavy atom. The van der Waals surface area contributed by atoms with E-state index < -0.39 is 0 Å². The average molecular weight is 456 g/mol. The van der Waals surface area contributed by atoms with Gasteiger partial charge in [0.1, 0.15) is 5.75 Å². The van der Waals surface area contributed by atoms with Crippen molar-refractivity contribution in [2.24, 2.45) is 5.41 Å². The van der Waals surface area contributed by atoms with E-state index in [-0.39, 0.29) is 22.4 Å². The van der Waals surface area contributed by atoms with E-state index >= 15 is 0 Å². The van der Waals surface area contributed by atoms with Crippen LogP contribution in [0.3, 0.4) is 0 Å². The zero-order valence-electron chi connectivity index (χ0n) is 18.6. The van der Waals surface area contributed by atoms with Gasteiger partial charge in [-0.1, -0.05) is 56.3 Å². The molecule has 1 heterocycles. The van der Waals surface area contributed by atoms with Crippen LogP contribution in [0.1, 0.15) is 47.9 Å². The lowest BCUT2D eigenvalue weighted by Crippen LogP contribution is -2.29. The summed E-state index contributed by atoms with van der Waals surface area (Å²) >= 11 is 1.69. The quantitative estimate of drug-likeness (QED) is 0.347. The third-order valence-corrected chi connectivity index (χ3v) is 7.36. The topological polar surface area (TPSA) is 55.4 Å². The van der Waals surface area contributed by atoms with Gasteiger partial charge >= 0.3 is 5.97 Å². The number of rotatable bonds is 3. The summed E-state index contributed by atoms with van der Waals surface area (Å²) in [6.45, 7) is 4.29. The molecule has 0 saturated carbocycles. The Labute approximate surface area is 198 Å². The Bertz CT molecular complexity index is 1250. The number of hydrogen-bond acceptors (Lipinski definition) is 5. The molecule has 4 nitrogen and oxygen atoms in total. The molecule has 0 radical (unpaired) electrons. The monoisotopic (exact) mass is 455 g/mol. The van der Waals surface area contributed by atoms with Gasteiger partial charge in [0.15, 0.2) is 5.78 Å². The molecule has 0 fully saturated rings. The van der Waals surface area contributed by atoms with Crippen molar-refractivity contribution >= 4 is 29.2 Å². The van der Waals surface area contributed by atoms with Crippen molar-refractivity contribution in [1.82, 2.24) is 0 Å². The molecule has 0 unspecified atom stereocenters. The summed E-state index contributed by atoms with van der Waals surface area (Å²) in [5.74, 6) is 0.286. The fourth-order valence-corrected chi connectivity index (χ4v) is 5.80. The van der Waals surface area contributed by atoms with Crippen molar-refractivity contribution in [1.29, 1.82) is 0 Å². The van der Waals surface area contributed by atoms with Crippen molar-refractivity contribution in [2.45, 2.75) is 36.8 Å². The third kappa shape index (κ3) is 4.46. The first-order valence-corrected chi connectivity index (χ1v) is 11.9. The number of benzene rings is 3. The van der Waals surface area contributed by atoms with Crippen LogP contribution in [0.5, 0.6) is 5.75 Å². The molecule has 5 heteroatoms. The lowest BCUT2D eigenvalue weighted by molar-refractivity contribution is -0.118. The highest BCUT2D eigenvalue weighted by Gasteiger charge is 2.39. The lowest BCUT2D eigenvalue weighted by Gasteiger charge is -2.33. The molecule has 1 aliphatic carbocycles. The normalized spacial score (nSPS) is 19.1. The Kier molecular flexibility index (Phi) is 5.59. The maximum absolute atomic E-state index is 13.3. The highest BCUT2D eigenvalue weighted by atomic mass is 32.2. The minimum Gasteiger partial charge on any atom is -0.423 e. The molecule has 3 aromatic rings. The zero-order valence-corrected chi connectivity index (χ0v) is 19.4. The fraction of sp³-hybridized carbons (Fsp3) is 0.214. The number of allylic oxidation sites excluding steroid dienone is 1. The SMILES string of the molecule is CC1(C)CC(=O)C2=C(C1)Nc1ccccc1S[C@H]2c1ccc(OC(=O)c2ccccc2)cc1. The van der Waals surface area contributed by atoms with Gasteiger partial charge in [0.05, 0.1) is 16.5 Å². The molecule has 33 heavy (non-hydrogen) atoms. The van der Waals surface area contributed by atoms with Crippen LogP contribution in [-0.2, 0) is 4.79 Å². The van der Waals surface area contributed by atoms with Crippen LogP contribution < -0.4 is 10.1 Å². The maximum atomic E-state index is 13.3. The third-order valence-electron chi connectivity index (χ3n) is 6.00. The molecule has 0 aromatic heterocycles. The Morgan fingerprint density at radius 3 is 2.39 bits per heavy atom. The van der Waals surface area contributed by atoms with Crippen LogP contribution in [0.2, 0.25) is 0 Å². The van der Waals surface area contributed by atoms with Crippen LogP contribution in [0, 0.1) is 5.41 Å². The highest BCUT2D eigenvalue weighted by Crippen LogP contribution is 2.52. The number of fused-ring (bicyclic) bond motifs is 1. The van der Waals surface area contributed by atoms with Crippen LogP contribution in [0.4, 0.5) is 5.69 Å². The van der Waals surface area contributed by atoms with Crippen molar-refractivity contribution in [3.05, 3.63) is 101 Å². The van der Waals surface area contributed by atoms with E-state index in [2.05, 4.69) is 31.3 Å². The number of thioether (sulfide) groups is 1. The van der Waals surface area contributed by atoms with Gasteiger partial charge in [0.2, 0.25) is 0 Å². The van der Waals surface area contributed by atoms with Crippen molar-refractivity contribution in [3.8, 4) is 5.75 Å². The molecule has 1 atom stereocenters. The van der Waals surface area contributed by atoms with Gasteiger partial charge in [0.25, 0.3) is 0 Å². The van der Waals surface area contributed by atoms with E-state index in [0.717, 1.165) is 33.8 Å². The summed E-state index contributed by atoms with van der Waals surface area (Å²) in [6, 6.07) is 24.6. The van der Waals surface area contributed by atoms with E-state index in [9.17, 15) is 9.59 Å². The van der Waals surface area contributed by atoms with Crippen LogP contribution in [-0.4, -0.2) is 11.8 Å². The number of ketones is 1. The number of nitrogens with one attached hydrogen (secondary N) is 1. The number of esters is 1. The number of anilines is 1. The molecule has 0 saturated heterocycles. The van der Waals surface area contributed by atoms with E-state index in [0.29, 0.717) is 17.7 Å². The van der Waals surface area contributed by atoms with Gasteiger partial charge in [-0.15, -0.1) is 11.8 Å². The van der Waals surface area contributed by atoms with Gasteiger partial charge < -0.3 is 10.1 Å². The molecule has 1 N–H and O–H groups in total. The van der Waals surface area contributed by atoms with E-state index in [1.807, 2.05) is 42.5 Å². The summed E-state index contributed by atoms with van der Waals surface area (Å²) < 4.78 is 5.54. The van der Waals surface area contributed by atoms with Gasteiger partial charge in [-0.25, -0.2) is 4.79 Å². The standard InChI is InChI=1S/C28H25NO3S/c1-28(2)16-22-25(23(30)17-28)26(33-24-11-7-6-10-21(24)29-22)18-12-14-20(15-13-18)32-27(31)19-8-4-3-5-9-19/h3-15,26,29H,16-17H2,1-2H3/t26-/m0/s1. The van der Waals surface area contributed by atoms with Crippen molar-refractivity contribution in [3.63, 3.8) is 0 Å². The molecular formula is C28H25NO3S. The van der Waals surface area contributed by atoms with E-state index in [1.165, 1.54) is 0 Å². The molecule has 166 valence electrons. The first-order valence-electron chi connectivity index (χ1n) is 11.1. The number of para-hydroxylation sites is 1. The number of hydrogen-bond donors (Lipinski definition) is 1. The lowest BCUT2D eigenvalue weighted by atomic mass is 9.74. The second-order valence-electron chi connectivity index (χ2n) is 9.28. The minimum atomic E-state index is -0.389. The predicted octanol–water partition coefficient (Wildman–Crippen LogP) is 6.81.